The third kappa shape index (κ3) is 4.23. The molecule has 140 valence electrons. The van der Waals surface area contributed by atoms with Crippen LogP contribution in [-0.4, -0.2) is 10.9 Å². The van der Waals surface area contributed by atoms with Gasteiger partial charge < -0.3 is 5.32 Å². The monoisotopic (exact) mass is 395 g/mol. The SMILES string of the molecule is N#CCc1ccc(NC(=O)c2sc(-c3ccccc3)nc2-c2ccccc2)cc1. The fourth-order valence-electron chi connectivity index (χ4n) is 2.95. The van der Waals surface area contributed by atoms with Crippen LogP contribution in [0.15, 0.2) is 84.9 Å². The first kappa shape index (κ1) is 18.6. The fourth-order valence-corrected chi connectivity index (χ4v) is 3.94. The number of rotatable bonds is 5. The number of benzene rings is 3. The average molecular weight is 395 g/mol. The summed E-state index contributed by atoms with van der Waals surface area (Å²) in [6.45, 7) is 0. The highest BCUT2D eigenvalue weighted by molar-refractivity contribution is 7.17. The molecule has 0 saturated carbocycles. The first-order valence-corrected chi connectivity index (χ1v) is 9.95. The molecule has 4 aromatic rings. The number of nitrogens with one attached hydrogen (secondary N) is 1. The van der Waals surface area contributed by atoms with Gasteiger partial charge in [0.15, 0.2) is 0 Å². The molecule has 1 N–H and O–H groups in total. The summed E-state index contributed by atoms with van der Waals surface area (Å²) in [4.78, 5) is 18.4. The van der Waals surface area contributed by atoms with Gasteiger partial charge in [-0.15, -0.1) is 11.3 Å². The molecule has 0 fully saturated rings. The van der Waals surface area contributed by atoms with E-state index >= 15 is 0 Å². The molecule has 5 heteroatoms. The van der Waals surface area contributed by atoms with Gasteiger partial charge in [-0.25, -0.2) is 4.98 Å². The lowest BCUT2D eigenvalue weighted by Gasteiger charge is -2.06. The van der Waals surface area contributed by atoms with Gasteiger partial charge in [0.1, 0.15) is 9.88 Å². The van der Waals surface area contributed by atoms with Crippen molar-refractivity contribution in [1.29, 1.82) is 5.26 Å². The van der Waals surface area contributed by atoms with Crippen molar-refractivity contribution in [3.63, 3.8) is 0 Å². The van der Waals surface area contributed by atoms with E-state index < -0.39 is 0 Å². The number of hydrogen-bond donors (Lipinski definition) is 1. The Kier molecular flexibility index (Phi) is 5.46. The minimum atomic E-state index is -0.198. The number of nitrogens with zero attached hydrogens (tertiary/aromatic N) is 2. The van der Waals surface area contributed by atoms with Crippen LogP contribution in [0, 0.1) is 11.3 Å². The topological polar surface area (TPSA) is 65.8 Å². The van der Waals surface area contributed by atoms with Gasteiger partial charge in [0, 0.05) is 16.8 Å². The molecule has 0 aliphatic heterocycles. The van der Waals surface area contributed by atoms with Gasteiger partial charge in [-0.05, 0) is 17.7 Å². The second-order valence-electron chi connectivity index (χ2n) is 6.41. The Labute approximate surface area is 173 Å². The van der Waals surface area contributed by atoms with E-state index in [1.165, 1.54) is 11.3 Å². The first-order chi connectivity index (χ1) is 14.2. The van der Waals surface area contributed by atoms with Gasteiger partial charge in [-0.3, -0.25) is 4.79 Å². The van der Waals surface area contributed by atoms with Crippen LogP contribution in [0.25, 0.3) is 21.8 Å². The van der Waals surface area contributed by atoms with Gasteiger partial charge in [-0.2, -0.15) is 5.26 Å². The molecule has 0 spiro atoms. The van der Waals surface area contributed by atoms with E-state index in [1.54, 1.807) is 0 Å². The number of carbonyl (C=O) groups is 1. The van der Waals surface area contributed by atoms with Crippen molar-refractivity contribution in [2.24, 2.45) is 0 Å². The maximum Gasteiger partial charge on any atom is 0.268 e. The third-order valence-corrected chi connectivity index (χ3v) is 5.50. The molecule has 0 radical (unpaired) electrons. The summed E-state index contributed by atoms with van der Waals surface area (Å²) < 4.78 is 0. The lowest BCUT2D eigenvalue weighted by Crippen LogP contribution is -2.11. The van der Waals surface area contributed by atoms with E-state index in [-0.39, 0.29) is 5.91 Å². The van der Waals surface area contributed by atoms with E-state index in [1.807, 2.05) is 84.9 Å². The van der Waals surface area contributed by atoms with Crippen LogP contribution in [0.5, 0.6) is 0 Å². The fraction of sp³-hybridized carbons (Fsp3) is 0.0417. The maximum atomic E-state index is 13.1. The Bertz CT molecular complexity index is 1160. The molecule has 3 aromatic carbocycles. The molecule has 1 aromatic heterocycles. The Morgan fingerprint density at radius 2 is 1.52 bits per heavy atom. The van der Waals surface area contributed by atoms with Crippen molar-refractivity contribution >= 4 is 22.9 Å². The number of hydrogen-bond acceptors (Lipinski definition) is 4. The Morgan fingerprint density at radius 3 is 2.14 bits per heavy atom. The lowest BCUT2D eigenvalue weighted by molar-refractivity contribution is 0.103. The molecule has 0 atom stereocenters. The summed E-state index contributed by atoms with van der Waals surface area (Å²) in [6, 6.07) is 29.0. The van der Waals surface area contributed by atoms with Crippen LogP contribution < -0.4 is 5.32 Å². The standard InChI is InChI=1S/C24H17N3OS/c25-16-15-17-11-13-20(14-12-17)26-23(28)22-21(18-7-3-1-4-8-18)27-24(29-22)19-9-5-2-6-10-19/h1-14H,15H2,(H,26,28). The summed E-state index contributed by atoms with van der Waals surface area (Å²) in [7, 11) is 0. The highest BCUT2D eigenvalue weighted by Crippen LogP contribution is 2.34. The normalized spacial score (nSPS) is 10.3. The van der Waals surface area contributed by atoms with Gasteiger partial charge >= 0.3 is 0 Å². The van der Waals surface area contributed by atoms with E-state index in [0.717, 1.165) is 21.7 Å². The Morgan fingerprint density at radius 1 is 0.897 bits per heavy atom. The Hall–Kier alpha value is -3.75. The minimum Gasteiger partial charge on any atom is -0.321 e. The molecule has 4 rings (SSSR count). The third-order valence-electron chi connectivity index (χ3n) is 4.40. The van der Waals surface area contributed by atoms with Crippen LogP contribution in [0.1, 0.15) is 15.2 Å². The zero-order chi connectivity index (χ0) is 20.1. The molecule has 0 aliphatic rings. The first-order valence-electron chi connectivity index (χ1n) is 9.13. The number of anilines is 1. The zero-order valence-corrected chi connectivity index (χ0v) is 16.3. The largest absolute Gasteiger partial charge is 0.321 e. The van der Waals surface area contributed by atoms with Crippen LogP contribution in [0.3, 0.4) is 0 Å². The van der Waals surface area contributed by atoms with Gasteiger partial charge in [0.25, 0.3) is 5.91 Å². The number of amides is 1. The summed E-state index contributed by atoms with van der Waals surface area (Å²) in [5, 5.41) is 12.5. The zero-order valence-electron chi connectivity index (χ0n) is 15.5. The van der Waals surface area contributed by atoms with Crippen LogP contribution >= 0.6 is 11.3 Å². The second-order valence-corrected chi connectivity index (χ2v) is 7.41. The highest BCUT2D eigenvalue weighted by atomic mass is 32.1. The Balaban J connectivity index is 1.68. The summed E-state index contributed by atoms with van der Waals surface area (Å²) >= 11 is 1.38. The number of nitriles is 1. The second kappa shape index (κ2) is 8.51. The van der Waals surface area contributed by atoms with Crippen molar-refractivity contribution in [2.75, 3.05) is 5.32 Å². The van der Waals surface area contributed by atoms with Crippen molar-refractivity contribution < 1.29 is 4.79 Å². The predicted octanol–water partition coefficient (Wildman–Crippen LogP) is 5.80. The number of carbonyl (C=O) groups excluding carboxylic acids is 1. The number of aromatic nitrogens is 1. The van der Waals surface area contributed by atoms with Crippen molar-refractivity contribution in [3.8, 4) is 27.9 Å². The lowest BCUT2D eigenvalue weighted by atomic mass is 10.1. The molecule has 0 unspecified atom stereocenters. The summed E-state index contributed by atoms with van der Waals surface area (Å²) in [6.07, 6.45) is 0.349. The maximum absolute atomic E-state index is 13.1. The van der Waals surface area contributed by atoms with Gasteiger partial charge in [0.05, 0.1) is 18.2 Å². The number of thiazole rings is 1. The smallest absolute Gasteiger partial charge is 0.268 e. The van der Waals surface area contributed by atoms with E-state index in [0.29, 0.717) is 22.7 Å². The molecule has 4 nitrogen and oxygen atoms in total. The molecule has 0 saturated heterocycles. The van der Waals surface area contributed by atoms with E-state index in [9.17, 15) is 4.79 Å². The van der Waals surface area contributed by atoms with Crippen molar-refractivity contribution in [1.82, 2.24) is 4.98 Å². The molecule has 29 heavy (non-hydrogen) atoms. The quantitative estimate of drug-likeness (QED) is 0.465. The summed E-state index contributed by atoms with van der Waals surface area (Å²) in [5.41, 5.74) is 4.16. The van der Waals surface area contributed by atoms with E-state index in [2.05, 4.69) is 11.4 Å². The van der Waals surface area contributed by atoms with Gasteiger partial charge in [-0.1, -0.05) is 72.8 Å². The molecule has 1 heterocycles. The molecule has 0 bridgehead atoms. The minimum absolute atomic E-state index is 0.198. The highest BCUT2D eigenvalue weighted by Gasteiger charge is 2.20. The average Bonchev–Trinajstić information content (AvgIpc) is 3.22. The van der Waals surface area contributed by atoms with Crippen molar-refractivity contribution in [3.05, 3.63) is 95.4 Å². The predicted molar refractivity (Wildman–Crippen MR) is 117 cm³/mol. The molecular formula is C24H17N3OS. The van der Waals surface area contributed by atoms with Gasteiger partial charge in [0.2, 0.25) is 0 Å². The molecular weight excluding hydrogens is 378 g/mol. The molecule has 0 aliphatic carbocycles. The molecule has 1 amide bonds. The van der Waals surface area contributed by atoms with Crippen molar-refractivity contribution in [2.45, 2.75) is 6.42 Å². The van der Waals surface area contributed by atoms with Crippen LogP contribution in [-0.2, 0) is 6.42 Å². The van der Waals surface area contributed by atoms with Crippen LogP contribution in [0.4, 0.5) is 5.69 Å². The van der Waals surface area contributed by atoms with Crippen LogP contribution in [0.2, 0.25) is 0 Å². The van der Waals surface area contributed by atoms with E-state index in [4.69, 9.17) is 10.2 Å². The summed E-state index contributed by atoms with van der Waals surface area (Å²) in [5.74, 6) is -0.198.